The number of ether oxygens (including phenoxy) is 1. The van der Waals surface area contributed by atoms with Crippen molar-refractivity contribution in [1.82, 2.24) is 0 Å². The van der Waals surface area contributed by atoms with Crippen LogP contribution >= 0.6 is 0 Å². The number of fused-ring (bicyclic) bond motifs is 1. The van der Waals surface area contributed by atoms with Crippen molar-refractivity contribution in [3.8, 4) is 5.75 Å². The summed E-state index contributed by atoms with van der Waals surface area (Å²) in [5, 5.41) is 0. The van der Waals surface area contributed by atoms with E-state index in [2.05, 4.69) is 25.1 Å². The Kier molecular flexibility index (Phi) is 1.84. The third-order valence-electron chi connectivity index (χ3n) is 3.73. The van der Waals surface area contributed by atoms with Crippen LogP contribution in [0.15, 0.2) is 18.2 Å². The second kappa shape index (κ2) is 2.99. The Bertz CT molecular complexity index is 396. The van der Waals surface area contributed by atoms with Crippen LogP contribution in [0.2, 0.25) is 0 Å². The molecule has 2 nitrogen and oxygen atoms in total. The maximum Gasteiger partial charge on any atom is 0.123 e. The molecule has 1 fully saturated rings. The van der Waals surface area contributed by atoms with Crippen LogP contribution in [0.1, 0.15) is 36.3 Å². The highest BCUT2D eigenvalue weighted by Gasteiger charge is 2.47. The van der Waals surface area contributed by atoms with Crippen LogP contribution < -0.4 is 10.5 Å². The van der Waals surface area contributed by atoms with Crippen molar-refractivity contribution in [2.45, 2.75) is 37.6 Å². The second-order valence-corrected chi connectivity index (χ2v) is 4.96. The summed E-state index contributed by atoms with van der Waals surface area (Å²) in [4.78, 5) is 0. The van der Waals surface area contributed by atoms with Crippen LogP contribution in [0.4, 0.5) is 0 Å². The highest BCUT2D eigenvalue weighted by atomic mass is 16.5. The summed E-state index contributed by atoms with van der Waals surface area (Å²) >= 11 is 0. The van der Waals surface area contributed by atoms with E-state index in [1.807, 2.05) is 0 Å². The van der Waals surface area contributed by atoms with Crippen LogP contribution in [0.3, 0.4) is 0 Å². The molecule has 1 heterocycles. The third-order valence-corrected chi connectivity index (χ3v) is 3.73. The van der Waals surface area contributed by atoms with Crippen LogP contribution in [-0.2, 0) is 0 Å². The van der Waals surface area contributed by atoms with Gasteiger partial charge < -0.3 is 10.5 Å². The van der Waals surface area contributed by atoms with Crippen LogP contribution in [-0.4, -0.2) is 12.1 Å². The van der Waals surface area contributed by atoms with Crippen LogP contribution in [0.5, 0.6) is 5.75 Å². The van der Waals surface area contributed by atoms with E-state index in [1.165, 1.54) is 24.0 Å². The van der Waals surface area contributed by atoms with E-state index < -0.39 is 0 Å². The van der Waals surface area contributed by atoms with Crippen molar-refractivity contribution >= 4 is 0 Å². The molecular formula is C13H17NO. The van der Waals surface area contributed by atoms with Crippen molar-refractivity contribution in [3.05, 3.63) is 29.3 Å². The number of hydrogen-bond donors (Lipinski definition) is 1. The molecule has 0 bridgehead atoms. The first kappa shape index (κ1) is 9.22. The lowest BCUT2D eigenvalue weighted by Gasteiger charge is -2.30. The Morgan fingerprint density at radius 3 is 2.93 bits per heavy atom. The van der Waals surface area contributed by atoms with Gasteiger partial charge in [0, 0.05) is 11.5 Å². The van der Waals surface area contributed by atoms with Crippen LogP contribution in [0.25, 0.3) is 0 Å². The topological polar surface area (TPSA) is 35.2 Å². The zero-order valence-corrected chi connectivity index (χ0v) is 9.12. The number of rotatable bonds is 1. The van der Waals surface area contributed by atoms with Crippen molar-refractivity contribution in [2.75, 3.05) is 6.61 Å². The summed E-state index contributed by atoms with van der Waals surface area (Å²) in [6.07, 6.45) is 3.42. The molecule has 1 unspecified atom stereocenters. The molecule has 2 heteroatoms. The van der Waals surface area contributed by atoms with E-state index in [0.29, 0.717) is 5.92 Å². The average Bonchev–Trinajstić information content (AvgIpc) is 2.96. The zero-order valence-electron chi connectivity index (χ0n) is 9.12. The second-order valence-electron chi connectivity index (χ2n) is 4.96. The molecule has 2 aliphatic rings. The molecule has 3 rings (SSSR count). The molecular weight excluding hydrogens is 186 g/mol. The first-order valence-corrected chi connectivity index (χ1v) is 5.71. The van der Waals surface area contributed by atoms with E-state index in [4.69, 9.17) is 10.5 Å². The van der Waals surface area contributed by atoms with Gasteiger partial charge in [-0.1, -0.05) is 12.1 Å². The summed E-state index contributed by atoms with van der Waals surface area (Å²) < 4.78 is 5.70. The molecule has 0 saturated heterocycles. The summed E-state index contributed by atoms with van der Waals surface area (Å²) in [6.45, 7) is 2.92. The predicted octanol–water partition coefficient (Wildman–Crippen LogP) is 2.35. The monoisotopic (exact) mass is 203 g/mol. The number of aryl methyl sites for hydroxylation is 1. The molecule has 0 amide bonds. The van der Waals surface area contributed by atoms with Gasteiger partial charge >= 0.3 is 0 Å². The first-order valence-electron chi connectivity index (χ1n) is 5.71. The van der Waals surface area contributed by atoms with E-state index in [-0.39, 0.29) is 5.54 Å². The average molecular weight is 203 g/mol. The molecule has 1 atom stereocenters. The summed E-state index contributed by atoms with van der Waals surface area (Å²) in [5.74, 6) is 1.57. The lowest BCUT2D eigenvalue weighted by atomic mass is 9.85. The Morgan fingerprint density at radius 1 is 1.40 bits per heavy atom. The Hall–Kier alpha value is -1.02. The van der Waals surface area contributed by atoms with Gasteiger partial charge in [-0.25, -0.2) is 0 Å². The highest BCUT2D eigenvalue weighted by molar-refractivity contribution is 5.43. The van der Waals surface area contributed by atoms with Crippen molar-refractivity contribution < 1.29 is 4.74 Å². The number of nitrogens with two attached hydrogens (primary N) is 1. The fraction of sp³-hybridized carbons (Fsp3) is 0.538. The molecule has 0 radical (unpaired) electrons. The molecule has 0 aromatic heterocycles. The zero-order chi connectivity index (χ0) is 10.5. The predicted molar refractivity (Wildman–Crippen MR) is 60.2 cm³/mol. The van der Waals surface area contributed by atoms with Gasteiger partial charge in [-0.15, -0.1) is 0 Å². The van der Waals surface area contributed by atoms with Crippen LogP contribution in [0, 0.1) is 6.92 Å². The van der Waals surface area contributed by atoms with Gasteiger partial charge in [0.25, 0.3) is 0 Å². The Labute approximate surface area is 90.4 Å². The fourth-order valence-electron chi connectivity index (χ4n) is 2.59. The van der Waals surface area contributed by atoms with Gasteiger partial charge in [0.1, 0.15) is 5.75 Å². The quantitative estimate of drug-likeness (QED) is 0.760. The molecule has 15 heavy (non-hydrogen) atoms. The summed E-state index contributed by atoms with van der Waals surface area (Å²) in [5.41, 5.74) is 8.98. The van der Waals surface area contributed by atoms with Gasteiger partial charge in [-0.3, -0.25) is 0 Å². The van der Waals surface area contributed by atoms with Gasteiger partial charge in [0.05, 0.1) is 6.61 Å². The maximum atomic E-state index is 6.32. The minimum Gasteiger partial charge on any atom is -0.493 e. The normalized spacial score (nSPS) is 26.7. The van der Waals surface area contributed by atoms with Crippen molar-refractivity contribution in [1.29, 1.82) is 0 Å². The fourth-order valence-corrected chi connectivity index (χ4v) is 2.59. The maximum absolute atomic E-state index is 6.32. The largest absolute Gasteiger partial charge is 0.493 e. The van der Waals surface area contributed by atoms with E-state index in [0.717, 1.165) is 18.8 Å². The molecule has 80 valence electrons. The van der Waals surface area contributed by atoms with Gasteiger partial charge in [0.15, 0.2) is 0 Å². The van der Waals surface area contributed by atoms with Gasteiger partial charge in [-0.2, -0.15) is 0 Å². The molecule has 1 aliphatic heterocycles. The highest BCUT2D eigenvalue weighted by Crippen LogP contribution is 2.50. The standard InChI is InChI=1S/C13H17NO/c1-9-2-3-10-11(13(14)5-6-13)4-7-15-12(10)8-9/h2-3,8,11H,4-7,14H2,1H3. The van der Waals surface area contributed by atoms with Gasteiger partial charge in [0.2, 0.25) is 0 Å². The lowest BCUT2D eigenvalue weighted by molar-refractivity contribution is 0.251. The SMILES string of the molecule is Cc1ccc2c(c1)OCCC2C1(N)CC1. The van der Waals surface area contributed by atoms with Crippen molar-refractivity contribution in [2.24, 2.45) is 5.73 Å². The minimum absolute atomic E-state index is 0.0772. The minimum atomic E-state index is 0.0772. The molecule has 2 N–H and O–H groups in total. The van der Waals surface area contributed by atoms with Gasteiger partial charge in [-0.05, 0) is 43.4 Å². The molecule has 1 aromatic rings. The molecule has 1 aromatic carbocycles. The summed E-state index contributed by atoms with van der Waals surface area (Å²) in [7, 11) is 0. The lowest BCUT2D eigenvalue weighted by Crippen LogP contribution is -2.34. The Morgan fingerprint density at radius 2 is 2.20 bits per heavy atom. The number of hydrogen-bond acceptors (Lipinski definition) is 2. The van der Waals surface area contributed by atoms with E-state index >= 15 is 0 Å². The Balaban J connectivity index is 2.03. The smallest absolute Gasteiger partial charge is 0.123 e. The third kappa shape index (κ3) is 1.44. The molecule has 1 aliphatic carbocycles. The number of benzene rings is 1. The van der Waals surface area contributed by atoms with Crippen molar-refractivity contribution in [3.63, 3.8) is 0 Å². The van der Waals surface area contributed by atoms with E-state index in [1.54, 1.807) is 0 Å². The molecule has 1 saturated carbocycles. The van der Waals surface area contributed by atoms with E-state index in [9.17, 15) is 0 Å². The first-order chi connectivity index (χ1) is 7.19. The summed E-state index contributed by atoms with van der Waals surface area (Å²) in [6, 6.07) is 6.49. The molecule has 0 spiro atoms.